The van der Waals surface area contributed by atoms with Crippen molar-refractivity contribution < 1.29 is 14.2 Å². The molecule has 9 nitrogen and oxygen atoms in total. The lowest BCUT2D eigenvalue weighted by molar-refractivity contribution is 0.0797. The van der Waals surface area contributed by atoms with Gasteiger partial charge in [-0.05, 0) is 42.0 Å². The largest absolute Gasteiger partial charge is 0.497 e. The van der Waals surface area contributed by atoms with Crippen molar-refractivity contribution in [1.29, 1.82) is 0 Å². The third kappa shape index (κ3) is 4.93. The van der Waals surface area contributed by atoms with Gasteiger partial charge in [0.15, 0.2) is 11.6 Å². The van der Waals surface area contributed by atoms with Crippen LogP contribution < -0.4 is 15.0 Å². The monoisotopic (exact) mass is 456 g/mol. The van der Waals surface area contributed by atoms with Crippen molar-refractivity contribution >= 4 is 17.5 Å². The normalized spacial score (nSPS) is 12.4. The molecule has 2 aromatic carbocycles. The van der Waals surface area contributed by atoms with Crippen molar-refractivity contribution in [2.24, 2.45) is 0 Å². The molecular weight excluding hydrogens is 432 g/mol. The Balaban J connectivity index is 1.42. The summed E-state index contributed by atoms with van der Waals surface area (Å²) in [4.78, 5) is 11.5. The van der Waals surface area contributed by atoms with Gasteiger partial charge in [-0.15, -0.1) is 5.10 Å². The van der Waals surface area contributed by atoms with E-state index in [-0.39, 0.29) is 6.79 Å². The molecule has 0 saturated heterocycles. The highest BCUT2D eigenvalue weighted by Crippen LogP contribution is 2.29. The Morgan fingerprint density at radius 3 is 2.65 bits per heavy atom. The van der Waals surface area contributed by atoms with Crippen LogP contribution in [0.15, 0.2) is 84.9 Å². The molecule has 0 radical (unpaired) electrons. The number of nitrogens with zero attached hydrogens (tertiary/aromatic N) is 4. The maximum Gasteiger partial charge on any atom is 0.246 e. The first kappa shape index (κ1) is 21.3. The molecular formula is C25H24N6O3. The Morgan fingerprint density at radius 2 is 1.88 bits per heavy atom. The van der Waals surface area contributed by atoms with Crippen LogP contribution in [0.25, 0.3) is 11.4 Å². The maximum atomic E-state index is 5.59. The van der Waals surface area contributed by atoms with Crippen LogP contribution in [-0.4, -0.2) is 40.6 Å². The number of anilines is 3. The summed E-state index contributed by atoms with van der Waals surface area (Å²) in [6.45, 7) is 1.37. The van der Waals surface area contributed by atoms with E-state index in [4.69, 9.17) is 14.2 Å². The SMILES string of the molecule is COc1ccc(Nc2n[nH]c(-c3cccnc3N(CC3=COCO3)Cc3ccccc3)n2)cc1. The van der Waals surface area contributed by atoms with Crippen LogP contribution >= 0.6 is 0 Å². The topological polar surface area (TPSA) is 97.4 Å². The zero-order valence-electron chi connectivity index (χ0n) is 18.6. The van der Waals surface area contributed by atoms with Crippen molar-refractivity contribution in [2.45, 2.75) is 6.54 Å². The van der Waals surface area contributed by atoms with Crippen LogP contribution in [0, 0.1) is 0 Å². The lowest BCUT2D eigenvalue weighted by Gasteiger charge is -2.25. The molecule has 1 aliphatic heterocycles. The predicted molar refractivity (Wildman–Crippen MR) is 129 cm³/mol. The van der Waals surface area contributed by atoms with Crippen LogP contribution in [0.2, 0.25) is 0 Å². The molecule has 0 fully saturated rings. The fraction of sp³-hybridized carbons (Fsp3) is 0.160. The molecule has 5 rings (SSSR count). The van der Waals surface area contributed by atoms with Gasteiger partial charge in [-0.1, -0.05) is 30.3 Å². The average molecular weight is 457 g/mol. The van der Waals surface area contributed by atoms with Gasteiger partial charge >= 0.3 is 0 Å². The first-order valence-electron chi connectivity index (χ1n) is 10.8. The molecule has 172 valence electrons. The van der Waals surface area contributed by atoms with E-state index in [0.29, 0.717) is 24.9 Å². The zero-order valence-corrected chi connectivity index (χ0v) is 18.6. The van der Waals surface area contributed by atoms with E-state index in [1.54, 1.807) is 19.6 Å². The molecule has 0 atom stereocenters. The smallest absolute Gasteiger partial charge is 0.246 e. The first-order valence-corrected chi connectivity index (χ1v) is 10.8. The third-order valence-electron chi connectivity index (χ3n) is 5.26. The van der Waals surface area contributed by atoms with Gasteiger partial charge in [-0.3, -0.25) is 5.10 Å². The number of pyridine rings is 1. The average Bonchev–Trinajstić information content (AvgIpc) is 3.57. The van der Waals surface area contributed by atoms with E-state index in [2.05, 4.69) is 42.5 Å². The fourth-order valence-corrected chi connectivity index (χ4v) is 3.63. The molecule has 1 aliphatic rings. The second kappa shape index (κ2) is 9.95. The van der Waals surface area contributed by atoms with Crippen LogP contribution in [0.1, 0.15) is 5.56 Å². The van der Waals surface area contributed by atoms with E-state index in [0.717, 1.165) is 34.1 Å². The lowest BCUT2D eigenvalue weighted by atomic mass is 10.1. The van der Waals surface area contributed by atoms with Crippen molar-refractivity contribution in [1.82, 2.24) is 20.2 Å². The minimum atomic E-state index is 0.228. The van der Waals surface area contributed by atoms with Crippen LogP contribution in [-0.2, 0) is 16.0 Å². The van der Waals surface area contributed by atoms with Gasteiger partial charge < -0.3 is 24.4 Å². The fourth-order valence-electron chi connectivity index (χ4n) is 3.63. The molecule has 0 saturated carbocycles. The van der Waals surface area contributed by atoms with E-state index >= 15 is 0 Å². The summed E-state index contributed by atoms with van der Waals surface area (Å²) in [5.41, 5.74) is 2.83. The Bertz CT molecular complexity index is 1260. The molecule has 0 bridgehead atoms. The van der Waals surface area contributed by atoms with Crippen molar-refractivity contribution in [3.8, 4) is 17.1 Å². The highest BCUT2D eigenvalue weighted by molar-refractivity contribution is 5.72. The Morgan fingerprint density at radius 1 is 1.03 bits per heavy atom. The standard InChI is InChI=1S/C25H24N6O3/c1-32-20-11-9-19(10-12-20)27-25-28-23(29-30-25)22-8-5-13-26-24(22)31(15-21-16-33-17-34-21)14-18-6-3-2-4-7-18/h2-13,16H,14-15,17H2,1H3,(H2,27,28,29,30). The third-order valence-corrected chi connectivity index (χ3v) is 5.26. The first-order chi connectivity index (χ1) is 16.8. The molecule has 4 aromatic rings. The molecule has 9 heteroatoms. The van der Waals surface area contributed by atoms with E-state index in [1.165, 1.54) is 0 Å². The maximum absolute atomic E-state index is 5.59. The lowest BCUT2D eigenvalue weighted by Crippen LogP contribution is -2.27. The quantitative estimate of drug-likeness (QED) is 0.381. The Labute approximate surface area is 197 Å². The van der Waals surface area contributed by atoms with E-state index < -0.39 is 0 Å². The number of hydrogen-bond donors (Lipinski definition) is 2. The summed E-state index contributed by atoms with van der Waals surface area (Å²) in [6.07, 6.45) is 3.41. The van der Waals surface area contributed by atoms with Crippen molar-refractivity contribution in [3.63, 3.8) is 0 Å². The highest BCUT2D eigenvalue weighted by atomic mass is 16.7. The number of ether oxygens (including phenoxy) is 3. The number of aromatic amines is 1. The molecule has 2 aromatic heterocycles. The summed E-state index contributed by atoms with van der Waals surface area (Å²) in [6, 6.07) is 21.6. The van der Waals surface area contributed by atoms with Crippen molar-refractivity contribution in [2.75, 3.05) is 30.7 Å². The van der Waals surface area contributed by atoms with E-state index in [9.17, 15) is 0 Å². The van der Waals surface area contributed by atoms with Gasteiger partial charge in [0, 0.05) is 18.4 Å². The van der Waals surface area contributed by atoms with Crippen LogP contribution in [0.5, 0.6) is 5.75 Å². The minimum absolute atomic E-state index is 0.228. The van der Waals surface area contributed by atoms with Crippen LogP contribution in [0.3, 0.4) is 0 Å². The number of H-pyrrole nitrogens is 1. The van der Waals surface area contributed by atoms with Crippen molar-refractivity contribution in [3.05, 3.63) is 90.5 Å². The summed E-state index contributed by atoms with van der Waals surface area (Å²) in [5.74, 6) is 3.35. The highest BCUT2D eigenvalue weighted by Gasteiger charge is 2.20. The molecule has 0 amide bonds. The Kier molecular flexibility index (Phi) is 6.24. The number of hydrogen-bond acceptors (Lipinski definition) is 8. The van der Waals surface area contributed by atoms with Gasteiger partial charge in [-0.25, -0.2) is 4.98 Å². The van der Waals surface area contributed by atoms with E-state index in [1.807, 2.05) is 54.6 Å². The summed E-state index contributed by atoms with van der Waals surface area (Å²) < 4.78 is 16.1. The molecule has 3 heterocycles. The minimum Gasteiger partial charge on any atom is -0.497 e. The van der Waals surface area contributed by atoms with Gasteiger partial charge in [0.2, 0.25) is 12.7 Å². The predicted octanol–water partition coefficient (Wildman–Crippen LogP) is 4.47. The number of aromatic nitrogens is 4. The van der Waals surface area contributed by atoms with Gasteiger partial charge in [-0.2, -0.15) is 4.98 Å². The number of benzene rings is 2. The number of nitrogens with one attached hydrogen (secondary N) is 2. The van der Waals surface area contributed by atoms with Gasteiger partial charge in [0.05, 0.1) is 19.2 Å². The number of rotatable bonds is 9. The van der Waals surface area contributed by atoms with Gasteiger partial charge in [0.1, 0.15) is 17.8 Å². The second-order valence-corrected chi connectivity index (χ2v) is 7.59. The summed E-state index contributed by atoms with van der Waals surface area (Å²) in [5, 5.41) is 10.6. The number of methoxy groups -OCH3 is 1. The Hall–Kier alpha value is -4.53. The molecule has 2 N–H and O–H groups in total. The molecule has 0 aliphatic carbocycles. The second-order valence-electron chi connectivity index (χ2n) is 7.59. The van der Waals surface area contributed by atoms with Crippen LogP contribution in [0.4, 0.5) is 17.5 Å². The molecule has 34 heavy (non-hydrogen) atoms. The van der Waals surface area contributed by atoms with Gasteiger partial charge in [0.25, 0.3) is 0 Å². The molecule has 0 spiro atoms. The zero-order chi connectivity index (χ0) is 23.2. The summed E-state index contributed by atoms with van der Waals surface area (Å²) >= 11 is 0. The molecule has 0 unspecified atom stereocenters. The summed E-state index contributed by atoms with van der Waals surface area (Å²) in [7, 11) is 1.64.